The van der Waals surface area contributed by atoms with Crippen LogP contribution in [0, 0.1) is 6.92 Å². The second-order valence-corrected chi connectivity index (χ2v) is 6.10. The van der Waals surface area contributed by atoms with Crippen LogP contribution in [0.4, 0.5) is 5.69 Å². The number of rotatable bonds is 2. The van der Waals surface area contributed by atoms with Crippen LogP contribution in [0.1, 0.15) is 47.4 Å². The first kappa shape index (κ1) is 15.6. The molecule has 25 heavy (non-hydrogen) atoms. The predicted molar refractivity (Wildman–Crippen MR) is 85.0 cm³/mol. The van der Waals surface area contributed by atoms with E-state index in [4.69, 9.17) is 9.26 Å². The number of anilines is 1. The van der Waals surface area contributed by atoms with Crippen LogP contribution >= 0.6 is 0 Å². The summed E-state index contributed by atoms with van der Waals surface area (Å²) >= 11 is 0. The Kier molecular flexibility index (Phi) is 3.83. The number of nitrogens with one attached hydrogen (secondary N) is 1. The molecule has 9 heteroatoms. The molecule has 130 valence electrons. The summed E-state index contributed by atoms with van der Waals surface area (Å²) in [5.74, 6) is 0.871. The summed E-state index contributed by atoms with van der Waals surface area (Å²) < 4.78 is 10.3. The predicted octanol–water partition coefficient (Wildman–Crippen LogP) is 1.47. The number of carbonyl (C=O) groups is 2. The molecule has 0 saturated carbocycles. The van der Waals surface area contributed by atoms with Gasteiger partial charge in [0.25, 0.3) is 11.8 Å². The van der Waals surface area contributed by atoms with Crippen LogP contribution in [0.3, 0.4) is 0 Å². The fourth-order valence-corrected chi connectivity index (χ4v) is 3.15. The van der Waals surface area contributed by atoms with Crippen LogP contribution in [-0.4, -0.2) is 45.0 Å². The summed E-state index contributed by atoms with van der Waals surface area (Å²) in [6.07, 6.45) is 4.15. The van der Waals surface area contributed by atoms with Crippen molar-refractivity contribution in [1.29, 1.82) is 0 Å². The number of hydrogen-bond donors (Lipinski definition) is 1. The van der Waals surface area contributed by atoms with Crippen molar-refractivity contribution in [3.63, 3.8) is 0 Å². The smallest absolute Gasteiger partial charge is 0.262 e. The summed E-state index contributed by atoms with van der Waals surface area (Å²) in [6.45, 7) is 2.26. The zero-order chi connectivity index (χ0) is 17.4. The van der Waals surface area contributed by atoms with Gasteiger partial charge in [-0.15, -0.1) is 0 Å². The van der Waals surface area contributed by atoms with E-state index in [0.29, 0.717) is 35.4 Å². The van der Waals surface area contributed by atoms with Gasteiger partial charge in [0.05, 0.1) is 11.6 Å². The van der Waals surface area contributed by atoms with E-state index < -0.39 is 0 Å². The van der Waals surface area contributed by atoms with Gasteiger partial charge in [0.15, 0.2) is 12.4 Å². The van der Waals surface area contributed by atoms with Crippen LogP contribution in [0.5, 0.6) is 5.88 Å². The third-order valence-electron chi connectivity index (χ3n) is 4.32. The Labute approximate surface area is 143 Å². The number of fused-ring (bicyclic) bond motifs is 1. The molecule has 2 aliphatic heterocycles. The molecule has 0 bridgehead atoms. The molecular weight excluding hydrogens is 326 g/mol. The summed E-state index contributed by atoms with van der Waals surface area (Å²) in [5.41, 5.74) is 0.794. The number of aromatic nitrogens is 3. The normalized spacial score (nSPS) is 19.8. The molecular formula is C16H17N5O4. The van der Waals surface area contributed by atoms with Gasteiger partial charge in [0.2, 0.25) is 11.8 Å². The van der Waals surface area contributed by atoms with Gasteiger partial charge < -0.3 is 19.5 Å². The number of piperidine rings is 1. The van der Waals surface area contributed by atoms with Crippen molar-refractivity contribution in [3.8, 4) is 5.88 Å². The van der Waals surface area contributed by atoms with Gasteiger partial charge in [-0.25, -0.2) is 4.98 Å². The summed E-state index contributed by atoms with van der Waals surface area (Å²) in [5, 5.41) is 6.64. The van der Waals surface area contributed by atoms with Crippen molar-refractivity contribution >= 4 is 17.5 Å². The number of hydrogen-bond acceptors (Lipinski definition) is 7. The van der Waals surface area contributed by atoms with Crippen molar-refractivity contribution in [2.24, 2.45) is 0 Å². The van der Waals surface area contributed by atoms with E-state index in [2.05, 4.69) is 20.4 Å². The van der Waals surface area contributed by atoms with E-state index >= 15 is 0 Å². The lowest BCUT2D eigenvalue weighted by Gasteiger charge is -2.34. The van der Waals surface area contributed by atoms with Gasteiger partial charge in [-0.1, -0.05) is 5.16 Å². The molecule has 1 saturated heterocycles. The third-order valence-corrected chi connectivity index (χ3v) is 4.32. The van der Waals surface area contributed by atoms with Gasteiger partial charge >= 0.3 is 0 Å². The highest BCUT2D eigenvalue weighted by atomic mass is 16.5. The number of amides is 2. The zero-order valence-corrected chi connectivity index (χ0v) is 13.7. The summed E-state index contributed by atoms with van der Waals surface area (Å²) in [6, 6.07) is 1.37. The molecule has 0 unspecified atom stereocenters. The number of aryl methyl sites for hydroxylation is 1. The molecule has 2 aromatic rings. The van der Waals surface area contributed by atoms with E-state index in [9.17, 15) is 9.59 Å². The van der Waals surface area contributed by atoms with Crippen LogP contribution < -0.4 is 10.1 Å². The molecule has 0 radical (unpaired) electrons. The highest BCUT2D eigenvalue weighted by Crippen LogP contribution is 2.32. The Balaban J connectivity index is 1.62. The minimum Gasteiger partial charge on any atom is -0.466 e. The largest absolute Gasteiger partial charge is 0.466 e. The zero-order valence-electron chi connectivity index (χ0n) is 13.7. The number of nitrogens with zero attached hydrogens (tertiary/aromatic N) is 4. The molecule has 1 fully saturated rings. The van der Waals surface area contributed by atoms with E-state index in [1.54, 1.807) is 17.9 Å². The Morgan fingerprint density at radius 2 is 2.28 bits per heavy atom. The lowest BCUT2D eigenvalue weighted by atomic mass is 10.0. The van der Waals surface area contributed by atoms with E-state index in [0.717, 1.165) is 19.3 Å². The first-order chi connectivity index (χ1) is 12.1. The first-order valence-corrected chi connectivity index (χ1v) is 8.15. The van der Waals surface area contributed by atoms with Crippen LogP contribution in [-0.2, 0) is 4.79 Å². The standard InChI is InChI=1S/C16H17N5O4/c1-9-18-14(20-25-9)12-4-2-3-5-21(12)16(23)10-6-11-15(17-7-10)24-8-13(22)19-11/h6-7,12H,2-5,8H2,1H3,(H,19,22)/t12-/m0/s1. The Morgan fingerprint density at radius 1 is 1.40 bits per heavy atom. The minimum absolute atomic E-state index is 0.0708. The van der Waals surface area contributed by atoms with E-state index in [1.807, 2.05) is 0 Å². The second-order valence-electron chi connectivity index (χ2n) is 6.10. The topological polar surface area (TPSA) is 110 Å². The van der Waals surface area contributed by atoms with E-state index in [-0.39, 0.29) is 24.5 Å². The number of pyridine rings is 1. The molecule has 2 amide bonds. The summed E-state index contributed by atoms with van der Waals surface area (Å²) in [4.78, 5) is 34.6. The Hall–Kier alpha value is -2.97. The summed E-state index contributed by atoms with van der Waals surface area (Å²) in [7, 11) is 0. The highest BCUT2D eigenvalue weighted by Gasteiger charge is 2.32. The molecule has 4 rings (SSSR count). The second kappa shape index (κ2) is 6.15. The molecule has 1 atom stereocenters. The molecule has 1 N–H and O–H groups in total. The lowest BCUT2D eigenvalue weighted by molar-refractivity contribution is -0.118. The fourth-order valence-electron chi connectivity index (χ4n) is 3.15. The Bertz CT molecular complexity index is 834. The van der Waals surface area contributed by atoms with Gasteiger partial charge in [-0.2, -0.15) is 4.98 Å². The molecule has 9 nitrogen and oxygen atoms in total. The average molecular weight is 343 g/mol. The third kappa shape index (κ3) is 2.92. The minimum atomic E-state index is -0.267. The molecule has 4 heterocycles. The van der Waals surface area contributed by atoms with E-state index in [1.165, 1.54) is 6.20 Å². The lowest BCUT2D eigenvalue weighted by Crippen LogP contribution is -2.39. The number of likely N-dealkylation sites (tertiary alicyclic amines) is 1. The van der Waals surface area contributed by atoms with Crippen molar-refractivity contribution in [2.45, 2.75) is 32.2 Å². The Morgan fingerprint density at radius 3 is 3.08 bits per heavy atom. The van der Waals surface area contributed by atoms with Crippen molar-refractivity contribution in [1.82, 2.24) is 20.0 Å². The number of ether oxygens (including phenoxy) is 1. The molecule has 2 aliphatic rings. The average Bonchev–Trinajstić information content (AvgIpc) is 3.06. The SMILES string of the molecule is Cc1nc([C@@H]2CCCCN2C(=O)c2cnc3c(c2)NC(=O)CO3)no1. The van der Waals surface area contributed by atoms with Crippen LogP contribution in [0.15, 0.2) is 16.8 Å². The maximum Gasteiger partial charge on any atom is 0.262 e. The van der Waals surface area contributed by atoms with Gasteiger partial charge in [-0.05, 0) is 25.3 Å². The monoisotopic (exact) mass is 343 g/mol. The van der Waals surface area contributed by atoms with Gasteiger partial charge in [0.1, 0.15) is 5.69 Å². The van der Waals surface area contributed by atoms with Crippen LogP contribution in [0.2, 0.25) is 0 Å². The van der Waals surface area contributed by atoms with Crippen molar-refractivity contribution in [3.05, 3.63) is 29.5 Å². The maximum atomic E-state index is 13.0. The quantitative estimate of drug-likeness (QED) is 0.879. The van der Waals surface area contributed by atoms with Crippen molar-refractivity contribution in [2.75, 3.05) is 18.5 Å². The molecule has 0 spiro atoms. The van der Waals surface area contributed by atoms with Crippen molar-refractivity contribution < 1.29 is 18.8 Å². The molecule has 0 aromatic carbocycles. The molecule has 0 aliphatic carbocycles. The highest BCUT2D eigenvalue weighted by molar-refractivity contribution is 5.99. The van der Waals surface area contributed by atoms with Gasteiger partial charge in [-0.3, -0.25) is 9.59 Å². The molecule has 2 aromatic heterocycles. The maximum absolute atomic E-state index is 13.0. The first-order valence-electron chi connectivity index (χ1n) is 8.15. The fraction of sp³-hybridized carbons (Fsp3) is 0.438. The van der Waals surface area contributed by atoms with Gasteiger partial charge in [0, 0.05) is 19.7 Å². The van der Waals surface area contributed by atoms with Crippen LogP contribution in [0.25, 0.3) is 0 Å². The number of carbonyl (C=O) groups excluding carboxylic acids is 2.